The molecule has 0 aromatic carbocycles. The molecule has 0 unspecified atom stereocenters. The van der Waals surface area contributed by atoms with Crippen LogP contribution in [0.2, 0.25) is 0 Å². The Hall–Kier alpha value is -0.160. The SMILES string of the molecule is CCNC[C@@H]1OC[C@@H](O)[C@H]1O. The van der Waals surface area contributed by atoms with E-state index in [-0.39, 0.29) is 12.7 Å². The fourth-order valence-corrected chi connectivity index (χ4v) is 1.13. The number of hydrogen-bond acceptors (Lipinski definition) is 4. The van der Waals surface area contributed by atoms with E-state index in [0.29, 0.717) is 6.54 Å². The molecular weight excluding hydrogens is 146 g/mol. The Kier molecular flexibility index (Phi) is 3.26. The van der Waals surface area contributed by atoms with Crippen molar-refractivity contribution >= 4 is 0 Å². The third kappa shape index (κ3) is 2.13. The predicted molar refractivity (Wildman–Crippen MR) is 40.3 cm³/mol. The molecule has 1 aliphatic heterocycles. The van der Waals surface area contributed by atoms with E-state index in [9.17, 15) is 5.11 Å². The molecule has 1 aliphatic rings. The fraction of sp³-hybridized carbons (Fsp3) is 1.00. The first-order valence-electron chi connectivity index (χ1n) is 3.94. The average Bonchev–Trinajstić information content (AvgIpc) is 2.31. The molecule has 0 saturated carbocycles. The van der Waals surface area contributed by atoms with Crippen LogP contribution in [0.4, 0.5) is 0 Å². The minimum absolute atomic E-state index is 0.245. The van der Waals surface area contributed by atoms with Crippen LogP contribution in [0.3, 0.4) is 0 Å². The number of aliphatic hydroxyl groups excluding tert-OH is 2. The molecule has 66 valence electrons. The molecule has 1 heterocycles. The lowest BCUT2D eigenvalue weighted by atomic mass is 10.1. The van der Waals surface area contributed by atoms with Crippen LogP contribution in [0, 0.1) is 0 Å². The van der Waals surface area contributed by atoms with Gasteiger partial charge in [-0.3, -0.25) is 0 Å². The molecule has 0 bridgehead atoms. The van der Waals surface area contributed by atoms with E-state index < -0.39 is 12.2 Å². The largest absolute Gasteiger partial charge is 0.388 e. The summed E-state index contributed by atoms with van der Waals surface area (Å²) in [7, 11) is 0. The van der Waals surface area contributed by atoms with E-state index in [4.69, 9.17) is 9.84 Å². The standard InChI is InChI=1S/C7H15NO3/c1-2-8-3-6-7(10)5(9)4-11-6/h5-10H,2-4H2,1H3/t5-,6+,7-/m1/s1. The molecule has 4 heteroatoms. The summed E-state index contributed by atoms with van der Waals surface area (Å²) in [6, 6.07) is 0. The summed E-state index contributed by atoms with van der Waals surface area (Å²) in [6.45, 7) is 3.69. The van der Waals surface area contributed by atoms with Crippen LogP contribution in [0.25, 0.3) is 0 Å². The first-order chi connectivity index (χ1) is 5.25. The van der Waals surface area contributed by atoms with Crippen LogP contribution in [-0.2, 0) is 4.74 Å². The monoisotopic (exact) mass is 161 g/mol. The van der Waals surface area contributed by atoms with E-state index in [1.807, 2.05) is 6.92 Å². The van der Waals surface area contributed by atoms with Crippen molar-refractivity contribution in [1.82, 2.24) is 5.32 Å². The highest BCUT2D eigenvalue weighted by Crippen LogP contribution is 2.12. The topological polar surface area (TPSA) is 61.7 Å². The normalized spacial score (nSPS) is 37.9. The van der Waals surface area contributed by atoms with Gasteiger partial charge in [-0.25, -0.2) is 0 Å². The second-order valence-corrected chi connectivity index (χ2v) is 2.74. The molecule has 0 aliphatic carbocycles. The highest BCUT2D eigenvalue weighted by molar-refractivity contribution is 4.84. The number of rotatable bonds is 3. The maximum absolute atomic E-state index is 9.27. The van der Waals surface area contributed by atoms with Gasteiger partial charge < -0.3 is 20.3 Å². The van der Waals surface area contributed by atoms with Gasteiger partial charge in [-0.1, -0.05) is 6.92 Å². The van der Waals surface area contributed by atoms with Gasteiger partial charge >= 0.3 is 0 Å². The Bertz CT molecular complexity index is 120. The highest BCUT2D eigenvalue weighted by Gasteiger charge is 2.33. The van der Waals surface area contributed by atoms with Crippen molar-refractivity contribution in [2.24, 2.45) is 0 Å². The number of likely N-dealkylation sites (N-methyl/N-ethyl adjacent to an activating group) is 1. The Balaban J connectivity index is 2.24. The molecular formula is C7H15NO3. The second kappa shape index (κ2) is 4.01. The molecule has 4 nitrogen and oxygen atoms in total. The van der Waals surface area contributed by atoms with Crippen LogP contribution < -0.4 is 5.32 Å². The van der Waals surface area contributed by atoms with Gasteiger partial charge in [-0.15, -0.1) is 0 Å². The Morgan fingerprint density at radius 2 is 2.27 bits per heavy atom. The van der Waals surface area contributed by atoms with Crippen molar-refractivity contribution in [2.45, 2.75) is 25.2 Å². The van der Waals surface area contributed by atoms with E-state index in [0.717, 1.165) is 6.54 Å². The summed E-state index contributed by atoms with van der Waals surface area (Å²) < 4.78 is 5.12. The van der Waals surface area contributed by atoms with E-state index in [2.05, 4.69) is 5.32 Å². The van der Waals surface area contributed by atoms with Gasteiger partial charge in [0, 0.05) is 6.54 Å². The summed E-state index contributed by atoms with van der Waals surface area (Å²) in [5.74, 6) is 0. The maximum atomic E-state index is 9.27. The first kappa shape index (κ1) is 8.93. The zero-order valence-electron chi connectivity index (χ0n) is 6.66. The molecule has 3 atom stereocenters. The Morgan fingerprint density at radius 3 is 2.73 bits per heavy atom. The third-order valence-electron chi connectivity index (χ3n) is 1.85. The molecule has 0 radical (unpaired) electrons. The molecule has 0 aromatic heterocycles. The number of ether oxygens (including phenoxy) is 1. The molecule has 1 saturated heterocycles. The minimum Gasteiger partial charge on any atom is -0.388 e. The molecule has 0 aromatic rings. The number of hydrogen-bond donors (Lipinski definition) is 3. The molecule has 0 spiro atoms. The van der Waals surface area contributed by atoms with Crippen LogP contribution >= 0.6 is 0 Å². The third-order valence-corrected chi connectivity index (χ3v) is 1.85. The van der Waals surface area contributed by atoms with Gasteiger partial charge in [-0.05, 0) is 6.54 Å². The lowest BCUT2D eigenvalue weighted by molar-refractivity contribution is 0.0240. The van der Waals surface area contributed by atoms with E-state index >= 15 is 0 Å². The number of nitrogens with one attached hydrogen (secondary N) is 1. The summed E-state index contributed by atoms with van der Waals surface area (Å²) >= 11 is 0. The summed E-state index contributed by atoms with van der Waals surface area (Å²) in [6.07, 6.45) is -1.68. The number of aliphatic hydroxyl groups is 2. The van der Waals surface area contributed by atoms with Gasteiger partial charge in [0.25, 0.3) is 0 Å². The van der Waals surface area contributed by atoms with Crippen LogP contribution in [0.1, 0.15) is 6.92 Å². The van der Waals surface area contributed by atoms with Crippen LogP contribution in [0.15, 0.2) is 0 Å². The van der Waals surface area contributed by atoms with Crippen molar-refractivity contribution in [3.63, 3.8) is 0 Å². The Labute approximate surface area is 66.2 Å². The molecule has 3 N–H and O–H groups in total. The molecule has 1 fully saturated rings. The first-order valence-corrected chi connectivity index (χ1v) is 3.94. The van der Waals surface area contributed by atoms with Crippen LogP contribution in [0.5, 0.6) is 0 Å². The quantitative estimate of drug-likeness (QED) is 0.482. The van der Waals surface area contributed by atoms with Crippen molar-refractivity contribution in [1.29, 1.82) is 0 Å². The van der Waals surface area contributed by atoms with Crippen molar-refractivity contribution in [3.8, 4) is 0 Å². The maximum Gasteiger partial charge on any atom is 0.109 e. The summed E-state index contributed by atoms with van der Waals surface area (Å²) in [4.78, 5) is 0. The minimum atomic E-state index is -0.728. The van der Waals surface area contributed by atoms with Crippen molar-refractivity contribution in [2.75, 3.05) is 19.7 Å². The average molecular weight is 161 g/mol. The van der Waals surface area contributed by atoms with Crippen molar-refractivity contribution in [3.05, 3.63) is 0 Å². The lowest BCUT2D eigenvalue weighted by Gasteiger charge is -2.14. The van der Waals surface area contributed by atoms with Gasteiger partial charge in [0.15, 0.2) is 0 Å². The van der Waals surface area contributed by atoms with Gasteiger partial charge in [0.05, 0.1) is 12.7 Å². The second-order valence-electron chi connectivity index (χ2n) is 2.74. The van der Waals surface area contributed by atoms with Gasteiger partial charge in [0.2, 0.25) is 0 Å². The Morgan fingerprint density at radius 1 is 1.55 bits per heavy atom. The zero-order chi connectivity index (χ0) is 8.27. The van der Waals surface area contributed by atoms with Crippen LogP contribution in [-0.4, -0.2) is 48.2 Å². The van der Waals surface area contributed by atoms with Crippen molar-refractivity contribution < 1.29 is 14.9 Å². The molecule has 1 rings (SSSR count). The predicted octanol–water partition coefficient (Wildman–Crippen LogP) is -1.28. The molecule has 0 amide bonds. The van der Waals surface area contributed by atoms with E-state index in [1.165, 1.54) is 0 Å². The van der Waals surface area contributed by atoms with E-state index in [1.54, 1.807) is 0 Å². The zero-order valence-corrected chi connectivity index (χ0v) is 6.66. The lowest BCUT2D eigenvalue weighted by Crippen LogP contribution is -2.37. The molecule has 11 heavy (non-hydrogen) atoms. The summed E-state index contributed by atoms with van der Waals surface area (Å²) in [5, 5.41) is 21.4. The fourth-order valence-electron chi connectivity index (χ4n) is 1.13. The smallest absolute Gasteiger partial charge is 0.109 e. The van der Waals surface area contributed by atoms with Gasteiger partial charge in [-0.2, -0.15) is 0 Å². The summed E-state index contributed by atoms with van der Waals surface area (Å²) in [5.41, 5.74) is 0. The van der Waals surface area contributed by atoms with Gasteiger partial charge in [0.1, 0.15) is 12.2 Å². The highest BCUT2D eigenvalue weighted by atomic mass is 16.5.